The third-order valence-corrected chi connectivity index (χ3v) is 4.58. The summed E-state index contributed by atoms with van der Waals surface area (Å²) in [7, 11) is 0. The number of hydrogen-bond acceptors (Lipinski definition) is 4. The van der Waals surface area contributed by atoms with Crippen molar-refractivity contribution in [2.45, 2.75) is 33.3 Å². The Hall–Kier alpha value is -2.27. The van der Waals surface area contributed by atoms with E-state index in [1.807, 2.05) is 37.3 Å². The van der Waals surface area contributed by atoms with Gasteiger partial charge in [0.2, 0.25) is 0 Å². The molecule has 0 atom stereocenters. The maximum Gasteiger partial charge on any atom is 0.159 e. The number of carbonyl (C=O) groups is 1. The highest BCUT2D eigenvalue weighted by Crippen LogP contribution is 2.31. The van der Waals surface area contributed by atoms with Crippen LogP contribution in [0.25, 0.3) is 11.1 Å². The average Bonchev–Trinajstić information content (AvgIpc) is 2.61. The Morgan fingerprint density at radius 2 is 1.61 bits per heavy atom. The maximum absolute atomic E-state index is 10.7. The Bertz CT molecular complexity index is 982. The smallest absolute Gasteiger partial charge is 0.159 e. The van der Waals surface area contributed by atoms with Gasteiger partial charge in [-0.1, -0.05) is 41.4 Å². The molecule has 0 bridgehead atoms. The van der Waals surface area contributed by atoms with Crippen LogP contribution in [-0.2, 0) is 5.60 Å². The molecule has 0 saturated carbocycles. The summed E-state index contributed by atoms with van der Waals surface area (Å²) >= 11 is 11.4. The van der Waals surface area contributed by atoms with Crippen LogP contribution in [0.1, 0.15) is 42.3 Å². The zero-order valence-electron chi connectivity index (χ0n) is 16.2. The largest absolute Gasteiger partial charge is 0.386 e. The first-order valence-electron chi connectivity index (χ1n) is 8.66. The van der Waals surface area contributed by atoms with Gasteiger partial charge in [0.25, 0.3) is 0 Å². The van der Waals surface area contributed by atoms with Gasteiger partial charge in [-0.25, -0.2) is 9.97 Å². The quantitative estimate of drug-likeness (QED) is 0.427. The van der Waals surface area contributed by atoms with Gasteiger partial charge in [0, 0.05) is 18.0 Å². The van der Waals surface area contributed by atoms with E-state index in [4.69, 9.17) is 23.2 Å². The van der Waals surface area contributed by atoms with E-state index in [1.165, 1.54) is 13.1 Å². The number of halogens is 2. The fraction of sp³-hybridized carbons (Fsp3) is 0.227. The highest BCUT2D eigenvalue weighted by Gasteiger charge is 2.20. The van der Waals surface area contributed by atoms with Crippen LogP contribution in [0.5, 0.6) is 0 Å². The molecule has 146 valence electrons. The third-order valence-electron chi connectivity index (χ3n) is 4.16. The van der Waals surface area contributed by atoms with Crippen molar-refractivity contribution in [3.8, 4) is 11.1 Å². The van der Waals surface area contributed by atoms with Crippen molar-refractivity contribution in [2.75, 3.05) is 0 Å². The highest BCUT2D eigenvalue weighted by atomic mass is 35.5. The first kappa shape index (κ1) is 22.0. The number of hydrogen-bond donors (Lipinski definition) is 1. The lowest BCUT2D eigenvalue weighted by Crippen LogP contribution is -2.17. The van der Waals surface area contributed by atoms with Gasteiger partial charge in [0.05, 0.1) is 5.60 Å². The molecule has 0 unspecified atom stereocenters. The normalized spacial score (nSPS) is 10.8. The molecule has 2 heterocycles. The minimum Gasteiger partial charge on any atom is -0.386 e. The fourth-order valence-electron chi connectivity index (χ4n) is 2.80. The lowest BCUT2D eigenvalue weighted by molar-refractivity contribution is 0.0779. The van der Waals surface area contributed by atoms with Gasteiger partial charge >= 0.3 is 0 Å². The van der Waals surface area contributed by atoms with E-state index in [0.29, 0.717) is 15.9 Å². The molecule has 28 heavy (non-hydrogen) atoms. The number of carbonyl (C=O) groups excluding carboxylic acids is 1. The molecule has 0 amide bonds. The molecule has 6 heteroatoms. The Kier molecular flexibility index (Phi) is 7.30. The molecule has 1 N–H and O–H groups in total. The van der Waals surface area contributed by atoms with E-state index in [-0.39, 0.29) is 5.78 Å². The Morgan fingerprint density at radius 3 is 2.11 bits per heavy atom. The first-order chi connectivity index (χ1) is 13.1. The van der Waals surface area contributed by atoms with Gasteiger partial charge in [-0.05, 0) is 74.2 Å². The minimum absolute atomic E-state index is 0.00398. The van der Waals surface area contributed by atoms with Gasteiger partial charge in [-0.3, -0.25) is 4.79 Å². The molecule has 0 fully saturated rings. The van der Waals surface area contributed by atoms with Crippen LogP contribution >= 0.6 is 23.2 Å². The molecule has 3 aromatic rings. The number of aromatic nitrogens is 2. The van der Waals surface area contributed by atoms with E-state index in [2.05, 4.69) is 9.97 Å². The van der Waals surface area contributed by atoms with Crippen LogP contribution in [0.15, 0.2) is 54.9 Å². The number of rotatable bonds is 3. The molecule has 4 nitrogen and oxygen atoms in total. The Labute approximate surface area is 175 Å². The second-order valence-electron chi connectivity index (χ2n) is 6.83. The maximum atomic E-state index is 10.7. The van der Waals surface area contributed by atoms with E-state index >= 15 is 0 Å². The number of benzene rings is 1. The van der Waals surface area contributed by atoms with Crippen LogP contribution < -0.4 is 0 Å². The van der Waals surface area contributed by atoms with E-state index < -0.39 is 5.60 Å². The standard InChI is InChI=1S/C15H16ClNO.C7H6ClNO/c1-10-12(11-7-8-17-14(16)9-11)5-4-6-13(10)15(2,3)18;1-5(10)6-2-3-9-7(8)4-6/h4-9,18H,1-3H3;2-4H,1H3. The predicted molar refractivity (Wildman–Crippen MR) is 114 cm³/mol. The number of Topliss-reactive ketones (excluding diaryl/α,β-unsaturated/α-hetero) is 1. The molecule has 0 radical (unpaired) electrons. The van der Waals surface area contributed by atoms with E-state index in [0.717, 1.165) is 22.3 Å². The Balaban J connectivity index is 0.000000237. The summed E-state index contributed by atoms with van der Waals surface area (Å²) in [5, 5.41) is 11.0. The van der Waals surface area contributed by atoms with E-state index in [9.17, 15) is 9.90 Å². The molecule has 0 aliphatic carbocycles. The summed E-state index contributed by atoms with van der Waals surface area (Å²) < 4.78 is 0. The lowest BCUT2D eigenvalue weighted by atomic mass is 9.89. The minimum atomic E-state index is -0.850. The number of ketones is 1. The molecule has 0 saturated heterocycles. The molecule has 3 rings (SSSR count). The summed E-state index contributed by atoms with van der Waals surface area (Å²) in [4.78, 5) is 18.4. The SMILES string of the molecule is CC(=O)c1ccnc(Cl)c1.Cc1c(-c2ccnc(Cl)c2)cccc1C(C)(C)O. The monoisotopic (exact) mass is 416 g/mol. The van der Waals surface area contributed by atoms with Crippen molar-refractivity contribution in [3.05, 3.63) is 81.9 Å². The summed E-state index contributed by atoms with van der Waals surface area (Å²) in [5.74, 6) is 0.00398. The van der Waals surface area contributed by atoms with Gasteiger partial charge in [0.1, 0.15) is 10.3 Å². The molecular formula is C22H22Cl2N2O2. The zero-order chi connectivity index (χ0) is 20.9. The highest BCUT2D eigenvalue weighted by molar-refractivity contribution is 6.30. The van der Waals surface area contributed by atoms with Crippen LogP contribution in [0.3, 0.4) is 0 Å². The number of nitrogens with zero attached hydrogens (tertiary/aromatic N) is 2. The summed E-state index contributed by atoms with van der Waals surface area (Å²) in [6.07, 6.45) is 3.20. The van der Waals surface area contributed by atoms with Crippen LogP contribution in [0.4, 0.5) is 0 Å². The molecular weight excluding hydrogens is 395 g/mol. The van der Waals surface area contributed by atoms with Crippen molar-refractivity contribution >= 4 is 29.0 Å². The van der Waals surface area contributed by atoms with E-state index in [1.54, 1.807) is 32.2 Å². The van der Waals surface area contributed by atoms with Crippen LogP contribution in [0, 0.1) is 6.92 Å². The second-order valence-corrected chi connectivity index (χ2v) is 7.60. The fourth-order valence-corrected chi connectivity index (χ4v) is 3.15. The van der Waals surface area contributed by atoms with Gasteiger partial charge in [0.15, 0.2) is 5.78 Å². The van der Waals surface area contributed by atoms with Crippen LogP contribution in [-0.4, -0.2) is 20.9 Å². The van der Waals surface area contributed by atoms with Crippen molar-refractivity contribution in [3.63, 3.8) is 0 Å². The second kappa shape index (κ2) is 9.28. The lowest BCUT2D eigenvalue weighted by Gasteiger charge is -2.22. The van der Waals surface area contributed by atoms with Crippen molar-refractivity contribution in [1.82, 2.24) is 9.97 Å². The molecule has 0 spiro atoms. The van der Waals surface area contributed by atoms with Gasteiger partial charge in [-0.2, -0.15) is 0 Å². The molecule has 1 aromatic carbocycles. The van der Waals surface area contributed by atoms with Crippen molar-refractivity contribution < 1.29 is 9.90 Å². The van der Waals surface area contributed by atoms with Crippen LogP contribution in [0.2, 0.25) is 10.3 Å². The summed E-state index contributed by atoms with van der Waals surface area (Å²) in [6, 6.07) is 12.8. The number of aliphatic hydroxyl groups is 1. The number of pyridine rings is 2. The molecule has 0 aliphatic rings. The average molecular weight is 417 g/mol. The summed E-state index contributed by atoms with van der Waals surface area (Å²) in [6.45, 7) is 7.08. The Morgan fingerprint density at radius 1 is 1.00 bits per heavy atom. The van der Waals surface area contributed by atoms with Gasteiger partial charge < -0.3 is 5.11 Å². The molecule has 2 aromatic heterocycles. The zero-order valence-corrected chi connectivity index (χ0v) is 17.7. The molecule has 0 aliphatic heterocycles. The summed E-state index contributed by atoms with van der Waals surface area (Å²) in [5.41, 5.74) is 3.81. The van der Waals surface area contributed by atoms with Gasteiger partial charge in [-0.15, -0.1) is 0 Å². The topological polar surface area (TPSA) is 63.1 Å². The predicted octanol–water partition coefficient (Wildman–Crippen LogP) is 5.88. The van der Waals surface area contributed by atoms with Crippen molar-refractivity contribution in [1.29, 1.82) is 0 Å². The first-order valence-corrected chi connectivity index (χ1v) is 9.42. The van der Waals surface area contributed by atoms with Crippen molar-refractivity contribution in [2.24, 2.45) is 0 Å². The third kappa shape index (κ3) is 5.86.